The lowest BCUT2D eigenvalue weighted by Gasteiger charge is -2.40. The van der Waals surface area contributed by atoms with Crippen LogP contribution in [0.3, 0.4) is 0 Å². The molecule has 1 saturated carbocycles. The molecule has 1 saturated heterocycles. The van der Waals surface area contributed by atoms with Gasteiger partial charge in [-0.15, -0.1) is 0 Å². The number of fused-ring (bicyclic) bond motifs is 1. The highest BCUT2D eigenvalue weighted by atomic mass is 16.2. The lowest BCUT2D eigenvalue weighted by molar-refractivity contribution is -0.145. The van der Waals surface area contributed by atoms with Gasteiger partial charge in [-0.25, -0.2) is 0 Å². The molecule has 1 heterocycles. The Morgan fingerprint density at radius 1 is 1.45 bits per heavy atom. The summed E-state index contributed by atoms with van der Waals surface area (Å²) in [4.78, 5) is 26.3. The number of amides is 2. The molecular formula is C15H27N3O2. The van der Waals surface area contributed by atoms with Crippen LogP contribution in [-0.2, 0) is 9.59 Å². The van der Waals surface area contributed by atoms with E-state index < -0.39 is 0 Å². The van der Waals surface area contributed by atoms with E-state index in [0.717, 1.165) is 32.4 Å². The van der Waals surface area contributed by atoms with Crippen molar-refractivity contribution in [1.29, 1.82) is 0 Å². The lowest BCUT2D eigenvalue weighted by atomic mass is 9.67. The van der Waals surface area contributed by atoms with E-state index in [4.69, 9.17) is 0 Å². The Morgan fingerprint density at radius 2 is 2.20 bits per heavy atom. The predicted molar refractivity (Wildman–Crippen MR) is 78.1 cm³/mol. The predicted octanol–water partition coefficient (Wildman–Crippen LogP) is 0.607. The number of rotatable bonds is 4. The minimum absolute atomic E-state index is 0.00751. The Hall–Kier alpha value is -1.10. The van der Waals surface area contributed by atoms with Gasteiger partial charge in [0.1, 0.15) is 0 Å². The molecule has 0 aromatic heterocycles. The summed E-state index contributed by atoms with van der Waals surface area (Å²) in [5.41, 5.74) is -0.213. The molecule has 0 aromatic rings. The van der Waals surface area contributed by atoms with Gasteiger partial charge in [0.25, 0.3) is 0 Å². The van der Waals surface area contributed by atoms with Gasteiger partial charge < -0.3 is 15.5 Å². The maximum Gasteiger partial charge on any atom is 0.230 e. The van der Waals surface area contributed by atoms with Gasteiger partial charge in [0, 0.05) is 27.2 Å². The molecule has 1 aliphatic carbocycles. The summed E-state index contributed by atoms with van der Waals surface area (Å²) in [6, 6.07) is 0. The van der Waals surface area contributed by atoms with Gasteiger partial charge in [-0.2, -0.15) is 0 Å². The van der Waals surface area contributed by atoms with Crippen LogP contribution in [0, 0.1) is 17.3 Å². The van der Waals surface area contributed by atoms with Crippen molar-refractivity contribution < 1.29 is 9.59 Å². The topological polar surface area (TPSA) is 61.4 Å². The fraction of sp³-hybridized carbons (Fsp3) is 0.867. The van der Waals surface area contributed by atoms with Crippen LogP contribution in [0.5, 0.6) is 0 Å². The van der Waals surface area contributed by atoms with Crippen molar-refractivity contribution in [2.45, 2.75) is 32.6 Å². The van der Waals surface area contributed by atoms with Crippen molar-refractivity contribution in [1.82, 2.24) is 15.5 Å². The van der Waals surface area contributed by atoms with E-state index in [-0.39, 0.29) is 23.1 Å². The van der Waals surface area contributed by atoms with Crippen LogP contribution in [0.15, 0.2) is 0 Å². The van der Waals surface area contributed by atoms with Crippen molar-refractivity contribution in [3.63, 3.8) is 0 Å². The Balaban J connectivity index is 2.04. The Labute approximate surface area is 121 Å². The second-order valence-electron chi connectivity index (χ2n) is 6.43. The molecule has 3 atom stereocenters. The van der Waals surface area contributed by atoms with Crippen LogP contribution in [0.25, 0.3) is 0 Å². The summed E-state index contributed by atoms with van der Waals surface area (Å²) in [5.74, 6) is 0.526. The molecule has 0 bridgehead atoms. The highest BCUT2D eigenvalue weighted by Gasteiger charge is 2.50. The fourth-order valence-corrected chi connectivity index (χ4v) is 3.87. The van der Waals surface area contributed by atoms with Crippen LogP contribution in [0.2, 0.25) is 0 Å². The molecule has 2 aliphatic rings. The summed E-state index contributed by atoms with van der Waals surface area (Å²) in [7, 11) is 3.47. The molecule has 1 unspecified atom stereocenters. The summed E-state index contributed by atoms with van der Waals surface area (Å²) < 4.78 is 0. The Morgan fingerprint density at radius 3 is 2.90 bits per heavy atom. The van der Waals surface area contributed by atoms with Crippen molar-refractivity contribution in [3.8, 4) is 0 Å². The average Bonchev–Trinajstić information content (AvgIpc) is 2.90. The van der Waals surface area contributed by atoms with Gasteiger partial charge >= 0.3 is 0 Å². The maximum absolute atomic E-state index is 12.9. The van der Waals surface area contributed by atoms with Crippen LogP contribution < -0.4 is 10.6 Å². The standard InChI is InChI=1S/C15H27N3O2/c1-11(13(19)16-2)9-18(3)14(20)15-7-5-4-6-12(15)8-17-10-15/h11-12,17H,4-10H2,1-3H3,(H,16,19)/t11?,12-,15+/m0/s1. The molecule has 2 fully saturated rings. The molecule has 0 spiro atoms. The molecule has 2 amide bonds. The van der Waals surface area contributed by atoms with Crippen molar-refractivity contribution in [2.24, 2.45) is 17.3 Å². The SMILES string of the molecule is CNC(=O)C(C)CN(C)C(=O)[C@@]12CCCC[C@H]1CNC2. The van der Waals surface area contributed by atoms with Crippen LogP contribution >= 0.6 is 0 Å². The van der Waals surface area contributed by atoms with Crippen LogP contribution in [0.1, 0.15) is 32.6 Å². The summed E-state index contributed by atoms with van der Waals surface area (Å²) in [5, 5.41) is 6.05. The lowest BCUT2D eigenvalue weighted by Crippen LogP contribution is -2.50. The third-order valence-corrected chi connectivity index (χ3v) is 5.05. The molecule has 5 nitrogen and oxygen atoms in total. The number of hydrogen-bond donors (Lipinski definition) is 2. The molecule has 2 N–H and O–H groups in total. The zero-order valence-electron chi connectivity index (χ0n) is 12.9. The van der Waals surface area contributed by atoms with Gasteiger partial charge in [-0.3, -0.25) is 9.59 Å². The monoisotopic (exact) mass is 281 g/mol. The van der Waals surface area contributed by atoms with Gasteiger partial charge in [-0.05, 0) is 25.3 Å². The first-order valence-electron chi connectivity index (χ1n) is 7.69. The van der Waals surface area contributed by atoms with Gasteiger partial charge in [0.05, 0.1) is 11.3 Å². The number of carbonyl (C=O) groups is 2. The van der Waals surface area contributed by atoms with Crippen molar-refractivity contribution in [2.75, 3.05) is 33.7 Å². The first-order chi connectivity index (χ1) is 9.51. The van der Waals surface area contributed by atoms with Gasteiger partial charge in [-0.1, -0.05) is 19.8 Å². The maximum atomic E-state index is 12.9. The average molecular weight is 281 g/mol. The van der Waals surface area contributed by atoms with Crippen molar-refractivity contribution >= 4 is 11.8 Å². The van der Waals surface area contributed by atoms with E-state index >= 15 is 0 Å². The van der Waals surface area contributed by atoms with E-state index in [1.807, 2.05) is 14.0 Å². The van der Waals surface area contributed by atoms with E-state index in [9.17, 15) is 9.59 Å². The summed E-state index contributed by atoms with van der Waals surface area (Å²) in [6.07, 6.45) is 4.52. The van der Waals surface area contributed by atoms with E-state index in [1.54, 1.807) is 11.9 Å². The summed E-state index contributed by atoms with van der Waals surface area (Å²) >= 11 is 0. The largest absolute Gasteiger partial charge is 0.359 e. The highest BCUT2D eigenvalue weighted by Crippen LogP contribution is 2.44. The van der Waals surface area contributed by atoms with Crippen LogP contribution in [-0.4, -0.2) is 50.4 Å². The normalized spacial score (nSPS) is 30.4. The number of hydrogen-bond acceptors (Lipinski definition) is 3. The second kappa shape index (κ2) is 6.12. The molecule has 114 valence electrons. The highest BCUT2D eigenvalue weighted by molar-refractivity contribution is 5.85. The number of nitrogens with one attached hydrogen (secondary N) is 2. The summed E-state index contributed by atoms with van der Waals surface area (Å²) in [6.45, 7) is 4.12. The fourth-order valence-electron chi connectivity index (χ4n) is 3.87. The first kappa shape index (κ1) is 15.3. The molecule has 0 radical (unpaired) electrons. The third kappa shape index (κ3) is 2.68. The zero-order chi connectivity index (χ0) is 14.8. The minimum atomic E-state index is -0.213. The number of carbonyl (C=O) groups excluding carboxylic acids is 2. The zero-order valence-corrected chi connectivity index (χ0v) is 12.9. The third-order valence-electron chi connectivity index (χ3n) is 5.05. The van der Waals surface area contributed by atoms with E-state index in [2.05, 4.69) is 10.6 Å². The molecular weight excluding hydrogens is 254 g/mol. The minimum Gasteiger partial charge on any atom is -0.359 e. The quantitative estimate of drug-likeness (QED) is 0.793. The Bertz CT molecular complexity index is 385. The molecule has 1 aliphatic heterocycles. The van der Waals surface area contributed by atoms with Crippen LogP contribution in [0.4, 0.5) is 0 Å². The first-order valence-corrected chi connectivity index (χ1v) is 7.69. The smallest absolute Gasteiger partial charge is 0.230 e. The van der Waals surface area contributed by atoms with E-state index in [0.29, 0.717) is 12.5 Å². The molecule has 20 heavy (non-hydrogen) atoms. The second-order valence-corrected chi connectivity index (χ2v) is 6.43. The molecule has 2 rings (SSSR count). The number of nitrogens with zero attached hydrogens (tertiary/aromatic N) is 1. The van der Waals surface area contributed by atoms with Gasteiger partial charge in [0.15, 0.2) is 0 Å². The Kier molecular flexibility index (Phi) is 4.68. The van der Waals surface area contributed by atoms with Crippen molar-refractivity contribution in [3.05, 3.63) is 0 Å². The van der Waals surface area contributed by atoms with Gasteiger partial charge in [0.2, 0.25) is 11.8 Å². The molecule has 0 aromatic carbocycles. The van der Waals surface area contributed by atoms with E-state index in [1.165, 1.54) is 6.42 Å². The molecule has 5 heteroatoms.